The number of carboxylic acid groups (broad SMARTS) is 1. The number of ether oxygens (including phenoxy) is 1. The number of carboxylic acids is 1. The van der Waals surface area contributed by atoms with E-state index < -0.39 is 12.1 Å². The van der Waals surface area contributed by atoms with Crippen LogP contribution in [-0.2, 0) is 27.3 Å². The van der Waals surface area contributed by atoms with Crippen LogP contribution in [-0.4, -0.2) is 46.1 Å². The van der Waals surface area contributed by atoms with Crippen molar-refractivity contribution in [1.29, 1.82) is 0 Å². The van der Waals surface area contributed by atoms with E-state index in [2.05, 4.69) is 34.6 Å². The highest BCUT2D eigenvalue weighted by atomic mass is 16.5. The van der Waals surface area contributed by atoms with E-state index in [4.69, 9.17) is 9.84 Å². The first-order valence-corrected chi connectivity index (χ1v) is 13.1. The van der Waals surface area contributed by atoms with Crippen LogP contribution in [0.15, 0.2) is 97.2 Å². The molecule has 0 bridgehead atoms. The molecule has 5 rings (SSSR count). The zero-order chi connectivity index (χ0) is 27.9. The molecule has 202 valence electrons. The van der Waals surface area contributed by atoms with Crippen molar-refractivity contribution in [1.82, 2.24) is 9.88 Å². The zero-order valence-electron chi connectivity index (χ0n) is 21.8. The Morgan fingerprint density at radius 1 is 0.850 bits per heavy atom. The SMILES string of the molecule is O=C(O)CCN(Cc1ccccc1)C(=O)Cc1ccc(NC(=O)OCC2c3ccccc3-c3ccccc32)cn1. The number of nitrogens with zero attached hydrogens (tertiary/aromatic N) is 2. The van der Waals surface area contributed by atoms with E-state index in [1.807, 2.05) is 54.6 Å². The summed E-state index contributed by atoms with van der Waals surface area (Å²) in [5.74, 6) is -1.23. The maximum atomic E-state index is 13.0. The van der Waals surface area contributed by atoms with Gasteiger partial charge >= 0.3 is 12.1 Å². The molecule has 1 aliphatic carbocycles. The minimum absolute atomic E-state index is 0.0116. The Morgan fingerprint density at radius 3 is 2.12 bits per heavy atom. The molecule has 8 heteroatoms. The number of carbonyl (C=O) groups is 3. The summed E-state index contributed by atoms with van der Waals surface area (Å²) >= 11 is 0. The van der Waals surface area contributed by atoms with Crippen molar-refractivity contribution in [3.05, 3.63) is 120 Å². The number of pyridine rings is 1. The van der Waals surface area contributed by atoms with Crippen LogP contribution in [0.1, 0.15) is 34.7 Å². The predicted octanol–water partition coefficient (Wildman–Crippen LogP) is 5.49. The van der Waals surface area contributed by atoms with Gasteiger partial charge in [-0.05, 0) is 39.9 Å². The van der Waals surface area contributed by atoms with Gasteiger partial charge in [-0.3, -0.25) is 19.9 Å². The van der Waals surface area contributed by atoms with Crippen LogP contribution < -0.4 is 5.32 Å². The Morgan fingerprint density at radius 2 is 1.50 bits per heavy atom. The van der Waals surface area contributed by atoms with E-state index in [0.717, 1.165) is 27.8 Å². The second-order valence-electron chi connectivity index (χ2n) is 9.61. The van der Waals surface area contributed by atoms with Crippen LogP contribution >= 0.6 is 0 Å². The van der Waals surface area contributed by atoms with Gasteiger partial charge in [0.15, 0.2) is 0 Å². The lowest BCUT2D eigenvalue weighted by molar-refractivity contribution is -0.138. The number of hydrogen-bond donors (Lipinski definition) is 2. The molecule has 0 unspecified atom stereocenters. The van der Waals surface area contributed by atoms with Gasteiger partial charge in [0.25, 0.3) is 0 Å². The van der Waals surface area contributed by atoms with Crippen LogP contribution in [0.4, 0.5) is 10.5 Å². The fourth-order valence-corrected chi connectivity index (χ4v) is 4.95. The van der Waals surface area contributed by atoms with E-state index in [1.54, 1.807) is 12.1 Å². The van der Waals surface area contributed by atoms with E-state index in [9.17, 15) is 14.4 Å². The van der Waals surface area contributed by atoms with Gasteiger partial charge in [0.2, 0.25) is 5.91 Å². The summed E-state index contributed by atoms with van der Waals surface area (Å²) < 4.78 is 5.59. The number of amides is 2. The second-order valence-corrected chi connectivity index (χ2v) is 9.61. The molecule has 1 aromatic heterocycles. The number of aliphatic carboxylic acids is 1. The molecular formula is C32H29N3O5. The summed E-state index contributed by atoms with van der Waals surface area (Å²) in [4.78, 5) is 42.5. The molecule has 8 nitrogen and oxygen atoms in total. The van der Waals surface area contributed by atoms with E-state index in [1.165, 1.54) is 11.1 Å². The quantitative estimate of drug-likeness (QED) is 0.278. The molecule has 40 heavy (non-hydrogen) atoms. The number of hydrogen-bond acceptors (Lipinski definition) is 5. The van der Waals surface area contributed by atoms with Gasteiger partial charge in [-0.15, -0.1) is 0 Å². The summed E-state index contributed by atoms with van der Waals surface area (Å²) in [5, 5.41) is 11.8. The summed E-state index contributed by atoms with van der Waals surface area (Å²) in [6.07, 6.45) is 0.755. The van der Waals surface area contributed by atoms with Crippen LogP contribution in [0, 0.1) is 0 Å². The zero-order valence-corrected chi connectivity index (χ0v) is 21.8. The number of carbonyl (C=O) groups excluding carboxylic acids is 2. The molecule has 2 amide bonds. The fourth-order valence-electron chi connectivity index (χ4n) is 4.95. The van der Waals surface area contributed by atoms with Crippen LogP contribution in [0.3, 0.4) is 0 Å². The maximum absolute atomic E-state index is 13.0. The molecule has 0 radical (unpaired) electrons. The molecule has 4 aromatic rings. The average Bonchev–Trinajstić information content (AvgIpc) is 3.29. The third kappa shape index (κ3) is 6.35. The van der Waals surface area contributed by atoms with Gasteiger partial charge in [-0.2, -0.15) is 0 Å². The van der Waals surface area contributed by atoms with Crippen LogP contribution in [0.5, 0.6) is 0 Å². The first-order chi connectivity index (χ1) is 19.5. The predicted molar refractivity (Wildman–Crippen MR) is 151 cm³/mol. The molecule has 2 N–H and O–H groups in total. The summed E-state index contributed by atoms with van der Waals surface area (Å²) in [6.45, 7) is 0.617. The van der Waals surface area contributed by atoms with E-state index in [-0.39, 0.29) is 37.8 Å². The monoisotopic (exact) mass is 535 g/mol. The van der Waals surface area contributed by atoms with Crippen LogP contribution in [0.2, 0.25) is 0 Å². The lowest BCUT2D eigenvalue weighted by atomic mass is 9.98. The number of benzene rings is 3. The smallest absolute Gasteiger partial charge is 0.411 e. The summed E-state index contributed by atoms with van der Waals surface area (Å²) in [7, 11) is 0. The third-order valence-corrected chi connectivity index (χ3v) is 6.91. The summed E-state index contributed by atoms with van der Waals surface area (Å²) in [6, 6.07) is 29.0. The topological polar surface area (TPSA) is 109 Å². The van der Waals surface area contributed by atoms with Crippen molar-refractivity contribution in [2.45, 2.75) is 25.3 Å². The molecule has 0 saturated heterocycles. The molecular weight excluding hydrogens is 506 g/mol. The largest absolute Gasteiger partial charge is 0.481 e. The number of aromatic nitrogens is 1. The van der Waals surface area contributed by atoms with Gasteiger partial charge in [0.05, 0.1) is 24.7 Å². The Balaban J connectivity index is 1.17. The third-order valence-electron chi connectivity index (χ3n) is 6.91. The van der Waals surface area contributed by atoms with E-state index in [0.29, 0.717) is 17.9 Å². The highest BCUT2D eigenvalue weighted by Gasteiger charge is 2.29. The lowest BCUT2D eigenvalue weighted by Gasteiger charge is -2.22. The molecule has 3 aromatic carbocycles. The van der Waals surface area contributed by atoms with Gasteiger partial charge in [0.1, 0.15) is 6.61 Å². The standard InChI is InChI=1S/C32H29N3O5/c36-30(35(17-16-31(37)38)20-22-8-2-1-3-9-22)18-23-14-15-24(19-33-23)34-32(39)40-21-29-27-12-6-4-10-25(27)26-11-5-7-13-28(26)29/h1-15,19,29H,16-18,20-21H2,(H,34,39)(H,37,38). The van der Waals surface area contributed by atoms with Gasteiger partial charge in [-0.25, -0.2) is 4.79 Å². The Bertz CT molecular complexity index is 1460. The average molecular weight is 536 g/mol. The molecule has 0 aliphatic heterocycles. The van der Waals surface area contributed by atoms with Crippen molar-refractivity contribution in [2.24, 2.45) is 0 Å². The molecule has 0 spiro atoms. The number of anilines is 1. The fraction of sp³-hybridized carbons (Fsp3) is 0.188. The van der Waals surface area contributed by atoms with Gasteiger partial charge in [-0.1, -0.05) is 78.9 Å². The Kier molecular flexibility index (Phi) is 8.15. The normalized spacial score (nSPS) is 11.8. The van der Waals surface area contributed by atoms with Crippen molar-refractivity contribution in [3.8, 4) is 11.1 Å². The molecule has 0 atom stereocenters. The Hall–Kier alpha value is -4.98. The van der Waals surface area contributed by atoms with Crippen molar-refractivity contribution in [3.63, 3.8) is 0 Å². The molecule has 1 heterocycles. The van der Waals surface area contributed by atoms with Crippen molar-refractivity contribution in [2.75, 3.05) is 18.5 Å². The number of rotatable bonds is 10. The van der Waals surface area contributed by atoms with Gasteiger partial charge < -0.3 is 14.7 Å². The number of nitrogens with one attached hydrogen (secondary N) is 1. The first kappa shape index (κ1) is 26.6. The first-order valence-electron chi connectivity index (χ1n) is 13.1. The summed E-state index contributed by atoms with van der Waals surface area (Å²) in [5.41, 5.74) is 6.46. The highest BCUT2D eigenvalue weighted by molar-refractivity contribution is 5.85. The molecule has 0 saturated carbocycles. The molecule has 1 aliphatic rings. The Labute approximate surface area is 232 Å². The second kappa shape index (κ2) is 12.3. The van der Waals surface area contributed by atoms with E-state index >= 15 is 0 Å². The molecule has 0 fully saturated rings. The van der Waals surface area contributed by atoms with Crippen molar-refractivity contribution < 1.29 is 24.2 Å². The van der Waals surface area contributed by atoms with Crippen LogP contribution in [0.25, 0.3) is 11.1 Å². The van der Waals surface area contributed by atoms with Crippen molar-refractivity contribution >= 4 is 23.7 Å². The minimum Gasteiger partial charge on any atom is -0.481 e. The van der Waals surface area contributed by atoms with Gasteiger partial charge in [0, 0.05) is 24.7 Å². The highest BCUT2D eigenvalue weighted by Crippen LogP contribution is 2.44. The lowest BCUT2D eigenvalue weighted by Crippen LogP contribution is -2.34. The maximum Gasteiger partial charge on any atom is 0.411 e. The number of fused-ring (bicyclic) bond motifs is 3. The minimum atomic E-state index is -0.965.